The highest BCUT2D eigenvalue weighted by molar-refractivity contribution is 6.13. The first-order valence-electron chi connectivity index (χ1n) is 19.3. The molecule has 11 aromatic rings. The summed E-state index contributed by atoms with van der Waals surface area (Å²) in [5.41, 5.74) is 16.7. The standard InChI is InChI=1S/C54H36N2/c1-3-17-37(18-4-1)41-21-7-9-23-43(41)39-31-33-51-47(35-39)48-36-40(44-24-10-8-22-42(44)38-19-5-2-6-20-38)32-34-52(48)56(51)54-30-16-15-29-53(54)55-49-27-13-11-25-45(49)46-26-12-14-28-50(46)55/h1-36H. The Hall–Kier alpha value is -7.42. The lowest BCUT2D eigenvalue weighted by atomic mass is 9.92. The average molecular weight is 713 g/mol. The second kappa shape index (κ2) is 13.2. The molecule has 0 spiro atoms. The van der Waals surface area contributed by atoms with E-state index >= 15 is 0 Å². The third-order valence-corrected chi connectivity index (χ3v) is 11.4. The van der Waals surface area contributed by atoms with Gasteiger partial charge in [-0.05, 0) is 93.0 Å². The molecule has 0 N–H and O–H groups in total. The number of nitrogens with zero attached hydrogens (tertiary/aromatic N) is 2. The Kier molecular flexibility index (Phi) is 7.53. The molecule has 56 heavy (non-hydrogen) atoms. The van der Waals surface area contributed by atoms with E-state index in [4.69, 9.17) is 0 Å². The summed E-state index contributed by atoms with van der Waals surface area (Å²) >= 11 is 0. The third-order valence-electron chi connectivity index (χ3n) is 11.4. The van der Waals surface area contributed by atoms with Crippen molar-refractivity contribution in [1.82, 2.24) is 9.13 Å². The van der Waals surface area contributed by atoms with Gasteiger partial charge in [-0.1, -0.05) is 170 Å². The van der Waals surface area contributed by atoms with E-state index in [1.807, 2.05) is 0 Å². The van der Waals surface area contributed by atoms with Gasteiger partial charge in [0.05, 0.1) is 33.4 Å². The second-order valence-corrected chi connectivity index (χ2v) is 14.5. The maximum Gasteiger partial charge on any atom is 0.0702 e. The van der Waals surface area contributed by atoms with E-state index in [1.54, 1.807) is 0 Å². The van der Waals surface area contributed by atoms with Crippen molar-refractivity contribution in [3.63, 3.8) is 0 Å². The van der Waals surface area contributed by atoms with Gasteiger partial charge in [0.15, 0.2) is 0 Å². The van der Waals surface area contributed by atoms with Crippen LogP contribution in [0.15, 0.2) is 218 Å². The smallest absolute Gasteiger partial charge is 0.0702 e. The van der Waals surface area contributed by atoms with Crippen LogP contribution in [-0.4, -0.2) is 9.13 Å². The number of fused-ring (bicyclic) bond motifs is 6. The number of para-hydroxylation sites is 4. The highest BCUT2D eigenvalue weighted by Gasteiger charge is 2.21. The zero-order valence-corrected chi connectivity index (χ0v) is 30.7. The van der Waals surface area contributed by atoms with Crippen molar-refractivity contribution in [2.75, 3.05) is 0 Å². The summed E-state index contributed by atoms with van der Waals surface area (Å²) in [5, 5.41) is 4.94. The van der Waals surface area contributed by atoms with Gasteiger partial charge in [0.2, 0.25) is 0 Å². The normalized spacial score (nSPS) is 11.6. The lowest BCUT2D eigenvalue weighted by Gasteiger charge is -2.17. The van der Waals surface area contributed by atoms with Crippen LogP contribution in [0.3, 0.4) is 0 Å². The molecule has 0 radical (unpaired) electrons. The van der Waals surface area contributed by atoms with Crippen LogP contribution in [-0.2, 0) is 0 Å². The SMILES string of the molecule is c1ccc(-c2ccccc2-c2ccc3c(c2)c2cc(-c4ccccc4-c4ccccc4)ccc2n3-c2ccccc2-n2c3ccccc3c3ccccc32)cc1. The summed E-state index contributed by atoms with van der Waals surface area (Å²) in [5.74, 6) is 0. The lowest BCUT2D eigenvalue weighted by molar-refractivity contribution is 1.10. The van der Waals surface area contributed by atoms with Crippen LogP contribution in [0.5, 0.6) is 0 Å². The zero-order chi connectivity index (χ0) is 37.0. The molecular weight excluding hydrogens is 677 g/mol. The molecule has 0 bridgehead atoms. The van der Waals surface area contributed by atoms with E-state index in [9.17, 15) is 0 Å². The molecular formula is C54H36N2. The quantitative estimate of drug-likeness (QED) is 0.162. The maximum absolute atomic E-state index is 2.48. The maximum atomic E-state index is 2.48. The summed E-state index contributed by atoms with van der Waals surface area (Å²) in [6.07, 6.45) is 0. The number of aromatic nitrogens is 2. The summed E-state index contributed by atoms with van der Waals surface area (Å²) in [6, 6.07) is 79.4. The molecule has 9 aromatic carbocycles. The number of hydrogen-bond acceptors (Lipinski definition) is 0. The van der Waals surface area contributed by atoms with Gasteiger partial charge in [0.25, 0.3) is 0 Å². The summed E-state index contributed by atoms with van der Waals surface area (Å²) in [4.78, 5) is 0. The summed E-state index contributed by atoms with van der Waals surface area (Å²) in [6.45, 7) is 0. The predicted molar refractivity (Wildman–Crippen MR) is 237 cm³/mol. The van der Waals surface area contributed by atoms with E-state index in [0.29, 0.717) is 0 Å². The Morgan fingerprint density at radius 3 is 0.964 bits per heavy atom. The topological polar surface area (TPSA) is 9.86 Å². The molecule has 0 saturated heterocycles. The molecule has 0 amide bonds. The van der Waals surface area contributed by atoms with Crippen LogP contribution >= 0.6 is 0 Å². The molecule has 2 heterocycles. The van der Waals surface area contributed by atoms with Crippen LogP contribution in [0.1, 0.15) is 0 Å². The first-order chi connectivity index (χ1) is 27.8. The Balaban J connectivity index is 1.20. The Labute approximate surface area is 325 Å². The second-order valence-electron chi connectivity index (χ2n) is 14.5. The van der Waals surface area contributed by atoms with Gasteiger partial charge in [-0.2, -0.15) is 0 Å². The predicted octanol–water partition coefficient (Wildman–Crippen LogP) is 14.5. The minimum absolute atomic E-state index is 1.13. The van der Waals surface area contributed by atoms with Gasteiger partial charge in [0.1, 0.15) is 0 Å². The fourth-order valence-electron chi connectivity index (χ4n) is 8.85. The molecule has 0 aliphatic heterocycles. The molecule has 0 unspecified atom stereocenters. The van der Waals surface area contributed by atoms with Crippen molar-refractivity contribution in [3.8, 4) is 55.9 Å². The Morgan fingerprint density at radius 2 is 0.536 bits per heavy atom. The highest BCUT2D eigenvalue weighted by Crippen LogP contribution is 2.42. The van der Waals surface area contributed by atoms with E-state index in [2.05, 4.69) is 228 Å². The molecule has 262 valence electrons. The fourth-order valence-corrected chi connectivity index (χ4v) is 8.85. The number of rotatable bonds is 6. The van der Waals surface area contributed by atoms with Crippen molar-refractivity contribution in [3.05, 3.63) is 218 Å². The molecule has 0 aliphatic carbocycles. The molecule has 0 atom stereocenters. The molecule has 0 fully saturated rings. The van der Waals surface area contributed by atoms with E-state index < -0.39 is 0 Å². The van der Waals surface area contributed by atoms with E-state index in [0.717, 1.165) is 11.4 Å². The number of benzene rings is 9. The van der Waals surface area contributed by atoms with E-state index in [-0.39, 0.29) is 0 Å². The monoisotopic (exact) mass is 712 g/mol. The Morgan fingerprint density at radius 1 is 0.214 bits per heavy atom. The summed E-state index contributed by atoms with van der Waals surface area (Å²) < 4.78 is 4.91. The van der Waals surface area contributed by atoms with Crippen molar-refractivity contribution in [2.24, 2.45) is 0 Å². The molecule has 0 saturated carbocycles. The van der Waals surface area contributed by atoms with Gasteiger partial charge in [-0.3, -0.25) is 0 Å². The summed E-state index contributed by atoms with van der Waals surface area (Å²) in [7, 11) is 0. The van der Waals surface area contributed by atoms with Gasteiger partial charge in [-0.15, -0.1) is 0 Å². The van der Waals surface area contributed by atoms with Crippen LogP contribution in [0.2, 0.25) is 0 Å². The molecule has 0 aliphatic rings. The lowest BCUT2D eigenvalue weighted by Crippen LogP contribution is -2.03. The van der Waals surface area contributed by atoms with Crippen LogP contribution in [0.4, 0.5) is 0 Å². The van der Waals surface area contributed by atoms with Crippen molar-refractivity contribution < 1.29 is 0 Å². The van der Waals surface area contributed by atoms with Gasteiger partial charge in [0, 0.05) is 21.5 Å². The van der Waals surface area contributed by atoms with Crippen LogP contribution in [0, 0.1) is 0 Å². The fraction of sp³-hybridized carbons (Fsp3) is 0. The zero-order valence-electron chi connectivity index (χ0n) is 30.7. The van der Waals surface area contributed by atoms with Crippen molar-refractivity contribution in [1.29, 1.82) is 0 Å². The molecule has 2 nitrogen and oxygen atoms in total. The van der Waals surface area contributed by atoms with Crippen molar-refractivity contribution >= 4 is 43.6 Å². The third kappa shape index (κ3) is 5.11. The first-order valence-corrected chi connectivity index (χ1v) is 19.3. The molecule has 2 heteroatoms. The van der Waals surface area contributed by atoms with Crippen molar-refractivity contribution in [2.45, 2.75) is 0 Å². The van der Waals surface area contributed by atoms with Crippen LogP contribution in [0.25, 0.3) is 99.5 Å². The minimum atomic E-state index is 1.13. The number of hydrogen-bond donors (Lipinski definition) is 0. The van der Waals surface area contributed by atoms with E-state index in [1.165, 1.54) is 88.1 Å². The Bertz CT molecular complexity index is 3040. The minimum Gasteiger partial charge on any atom is -0.307 e. The van der Waals surface area contributed by atoms with Gasteiger partial charge >= 0.3 is 0 Å². The highest BCUT2D eigenvalue weighted by atomic mass is 15.1. The van der Waals surface area contributed by atoms with Gasteiger partial charge < -0.3 is 9.13 Å². The largest absolute Gasteiger partial charge is 0.307 e. The first kappa shape index (κ1) is 32.0. The molecule has 2 aromatic heterocycles. The van der Waals surface area contributed by atoms with Gasteiger partial charge in [-0.25, -0.2) is 0 Å². The van der Waals surface area contributed by atoms with Crippen LogP contribution < -0.4 is 0 Å². The average Bonchev–Trinajstić information content (AvgIpc) is 3.79. The molecule has 11 rings (SSSR count).